The molecular weight excluding hydrogens is 226 g/mol. The first-order valence-electron chi connectivity index (χ1n) is 6.26. The second-order valence-electron chi connectivity index (χ2n) is 4.31. The molecule has 18 heavy (non-hydrogen) atoms. The van der Waals surface area contributed by atoms with Crippen molar-refractivity contribution in [1.82, 2.24) is 5.32 Å². The Hall–Kier alpha value is -1.97. The average molecular weight is 245 g/mol. The second kappa shape index (κ2) is 6.10. The zero-order valence-electron chi connectivity index (χ0n) is 10.5. The van der Waals surface area contributed by atoms with E-state index < -0.39 is 0 Å². The van der Waals surface area contributed by atoms with E-state index >= 15 is 0 Å². The first-order chi connectivity index (χ1) is 8.81. The zero-order chi connectivity index (χ0) is 12.8. The highest BCUT2D eigenvalue weighted by molar-refractivity contribution is 5.83. The van der Waals surface area contributed by atoms with Gasteiger partial charge in [-0.25, -0.2) is 0 Å². The van der Waals surface area contributed by atoms with Gasteiger partial charge in [0, 0.05) is 19.6 Å². The number of carbonyl (C=O) groups is 1. The maximum Gasteiger partial charge on any atom is 0.239 e. The van der Waals surface area contributed by atoms with E-state index in [-0.39, 0.29) is 5.91 Å². The Morgan fingerprint density at radius 1 is 1.50 bits per heavy atom. The monoisotopic (exact) mass is 245 g/mol. The largest absolute Gasteiger partial charge is 0.383 e. The Labute approximate surface area is 108 Å². The minimum absolute atomic E-state index is 0.0339. The molecule has 0 saturated heterocycles. The van der Waals surface area contributed by atoms with Gasteiger partial charge in [-0.2, -0.15) is 0 Å². The molecule has 1 aliphatic heterocycles. The van der Waals surface area contributed by atoms with Crippen LogP contribution in [-0.2, 0) is 4.79 Å². The van der Waals surface area contributed by atoms with Gasteiger partial charge in [0.2, 0.25) is 5.91 Å². The lowest BCUT2D eigenvalue weighted by Gasteiger charge is -2.23. The highest BCUT2D eigenvalue weighted by atomic mass is 16.2. The topological polar surface area (TPSA) is 44.4 Å². The van der Waals surface area contributed by atoms with E-state index in [0.29, 0.717) is 13.1 Å². The molecule has 0 spiro atoms. The van der Waals surface area contributed by atoms with Crippen LogP contribution in [0.3, 0.4) is 0 Å². The van der Waals surface area contributed by atoms with E-state index in [0.717, 1.165) is 30.9 Å². The van der Waals surface area contributed by atoms with Crippen molar-refractivity contribution in [3.05, 3.63) is 36.9 Å². The molecule has 0 unspecified atom stereocenters. The van der Waals surface area contributed by atoms with Crippen molar-refractivity contribution in [2.75, 3.05) is 36.4 Å². The number of para-hydroxylation sites is 2. The average Bonchev–Trinajstić information content (AvgIpc) is 2.59. The van der Waals surface area contributed by atoms with Gasteiger partial charge in [0.25, 0.3) is 0 Å². The van der Waals surface area contributed by atoms with Gasteiger partial charge >= 0.3 is 0 Å². The summed E-state index contributed by atoms with van der Waals surface area (Å²) in [6.07, 6.45) is 2.72. The molecule has 0 bridgehead atoms. The lowest BCUT2D eigenvalue weighted by atomic mass is 10.2. The van der Waals surface area contributed by atoms with Gasteiger partial charge in [0.1, 0.15) is 0 Å². The van der Waals surface area contributed by atoms with Crippen LogP contribution >= 0.6 is 0 Å². The smallest absolute Gasteiger partial charge is 0.239 e. The highest BCUT2D eigenvalue weighted by Crippen LogP contribution is 2.27. The van der Waals surface area contributed by atoms with Crippen molar-refractivity contribution in [1.29, 1.82) is 0 Å². The van der Waals surface area contributed by atoms with Crippen molar-refractivity contribution < 1.29 is 4.79 Å². The number of hydrogen-bond donors (Lipinski definition) is 2. The maximum absolute atomic E-state index is 11.8. The van der Waals surface area contributed by atoms with E-state index in [9.17, 15) is 4.79 Å². The fourth-order valence-corrected chi connectivity index (χ4v) is 2.09. The lowest BCUT2D eigenvalue weighted by molar-refractivity contribution is -0.119. The molecule has 4 heteroatoms. The summed E-state index contributed by atoms with van der Waals surface area (Å²) >= 11 is 0. The first-order valence-corrected chi connectivity index (χ1v) is 6.26. The molecule has 1 aromatic carbocycles. The Kier molecular flexibility index (Phi) is 4.23. The van der Waals surface area contributed by atoms with Gasteiger partial charge in [-0.1, -0.05) is 18.2 Å². The number of carbonyl (C=O) groups excluding carboxylic acids is 1. The Morgan fingerprint density at radius 2 is 2.33 bits per heavy atom. The number of amides is 1. The molecule has 0 radical (unpaired) electrons. The molecular formula is C14H19N3O. The lowest BCUT2D eigenvalue weighted by Crippen LogP contribution is -2.37. The number of anilines is 2. The molecule has 1 amide bonds. The van der Waals surface area contributed by atoms with Gasteiger partial charge in [0.15, 0.2) is 0 Å². The maximum atomic E-state index is 11.8. The summed E-state index contributed by atoms with van der Waals surface area (Å²) in [4.78, 5) is 13.9. The molecule has 0 fully saturated rings. The second-order valence-corrected chi connectivity index (χ2v) is 4.31. The Morgan fingerprint density at radius 3 is 3.17 bits per heavy atom. The van der Waals surface area contributed by atoms with E-state index in [4.69, 9.17) is 0 Å². The number of fused-ring (bicyclic) bond motifs is 1. The number of nitrogens with one attached hydrogen (secondary N) is 2. The van der Waals surface area contributed by atoms with Crippen LogP contribution in [0.5, 0.6) is 0 Å². The summed E-state index contributed by atoms with van der Waals surface area (Å²) in [5, 5.41) is 6.19. The van der Waals surface area contributed by atoms with Crippen molar-refractivity contribution in [2.24, 2.45) is 0 Å². The summed E-state index contributed by atoms with van der Waals surface area (Å²) in [7, 11) is 0. The van der Waals surface area contributed by atoms with Gasteiger partial charge in [0.05, 0.1) is 17.9 Å². The molecule has 1 aromatic rings. The summed E-state index contributed by atoms with van der Waals surface area (Å²) in [5.41, 5.74) is 2.20. The van der Waals surface area contributed by atoms with E-state index in [1.807, 2.05) is 12.1 Å². The summed E-state index contributed by atoms with van der Waals surface area (Å²) < 4.78 is 0. The van der Waals surface area contributed by atoms with Gasteiger partial charge in [-0.3, -0.25) is 4.79 Å². The van der Waals surface area contributed by atoms with Crippen LogP contribution in [0.1, 0.15) is 6.42 Å². The fraction of sp³-hybridized carbons (Fsp3) is 0.357. The number of benzene rings is 1. The third kappa shape index (κ3) is 3.03. The van der Waals surface area contributed by atoms with Crippen LogP contribution in [0, 0.1) is 0 Å². The molecule has 2 N–H and O–H groups in total. The van der Waals surface area contributed by atoms with Crippen molar-refractivity contribution in [3.63, 3.8) is 0 Å². The van der Waals surface area contributed by atoms with Gasteiger partial charge in [-0.15, -0.1) is 6.58 Å². The number of nitrogens with zero attached hydrogens (tertiary/aromatic N) is 1. The molecule has 1 aliphatic rings. The predicted molar refractivity (Wildman–Crippen MR) is 75.0 cm³/mol. The molecule has 1 heterocycles. The van der Waals surface area contributed by atoms with Gasteiger partial charge in [-0.05, 0) is 18.6 Å². The van der Waals surface area contributed by atoms with Crippen molar-refractivity contribution >= 4 is 17.3 Å². The standard InChI is InChI=1S/C14H19N3O/c1-2-8-16-14(18)11-17-10-5-9-15-12-6-3-4-7-13(12)17/h2-4,6-7,15H,1,5,8-11H2,(H,16,18). The molecule has 0 saturated carbocycles. The Balaban J connectivity index is 2.08. The Bertz CT molecular complexity index is 431. The highest BCUT2D eigenvalue weighted by Gasteiger charge is 2.16. The quantitative estimate of drug-likeness (QED) is 0.792. The van der Waals surface area contributed by atoms with Crippen LogP contribution in [0.25, 0.3) is 0 Å². The van der Waals surface area contributed by atoms with E-state index in [1.165, 1.54) is 0 Å². The first kappa shape index (κ1) is 12.5. The van der Waals surface area contributed by atoms with Crippen LogP contribution in [0.4, 0.5) is 11.4 Å². The molecule has 96 valence electrons. The minimum Gasteiger partial charge on any atom is -0.383 e. The minimum atomic E-state index is 0.0339. The van der Waals surface area contributed by atoms with Crippen LogP contribution < -0.4 is 15.5 Å². The van der Waals surface area contributed by atoms with E-state index in [1.54, 1.807) is 6.08 Å². The summed E-state index contributed by atoms with van der Waals surface area (Å²) in [6, 6.07) is 8.11. The molecule has 0 atom stereocenters. The normalized spacial score (nSPS) is 14.1. The predicted octanol–water partition coefficient (Wildman–Crippen LogP) is 1.61. The molecule has 2 rings (SSSR count). The van der Waals surface area contributed by atoms with Crippen molar-refractivity contribution in [3.8, 4) is 0 Å². The molecule has 0 aromatic heterocycles. The van der Waals surface area contributed by atoms with Crippen LogP contribution in [0.2, 0.25) is 0 Å². The molecule has 0 aliphatic carbocycles. The summed E-state index contributed by atoms with van der Waals surface area (Å²) in [6.45, 7) is 6.35. The van der Waals surface area contributed by atoms with E-state index in [2.05, 4.69) is 34.2 Å². The third-order valence-electron chi connectivity index (χ3n) is 2.94. The zero-order valence-corrected chi connectivity index (χ0v) is 10.5. The third-order valence-corrected chi connectivity index (χ3v) is 2.94. The van der Waals surface area contributed by atoms with Crippen molar-refractivity contribution in [2.45, 2.75) is 6.42 Å². The SMILES string of the molecule is C=CCNC(=O)CN1CCCNc2ccccc21. The van der Waals surface area contributed by atoms with Crippen LogP contribution in [0.15, 0.2) is 36.9 Å². The summed E-state index contributed by atoms with van der Waals surface area (Å²) in [5.74, 6) is 0.0339. The van der Waals surface area contributed by atoms with Crippen LogP contribution in [-0.4, -0.2) is 32.1 Å². The number of hydrogen-bond acceptors (Lipinski definition) is 3. The number of rotatable bonds is 4. The molecule has 4 nitrogen and oxygen atoms in total. The fourth-order valence-electron chi connectivity index (χ4n) is 2.09. The van der Waals surface area contributed by atoms with Gasteiger partial charge < -0.3 is 15.5 Å².